The first-order valence-corrected chi connectivity index (χ1v) is 5.99. The third-order valence-electron chi connectivity index (χ3n) is 0.729. The molecule has 74 valence electrons. The molecular formula is C4H12N4S3Y2-2. The standard InChI is InChI=1S/C4H12N4S3.2Y/c1-3-6-4-7-11(9)8-10-5-2;;/h5-6H,3-4H2,1-2H3;;/q-2;;. The second-order valence-corrected chi connectivity index (χ2v) is 4.29. The van der Waals surface area contributed by atoms with Crippen molar-refractivity contribution in [3.05, 3.63) is 8.85 Å². The van der Waals surface area contributed by atoms with Gasteiger partial charge in [-0.1, -0.05) is 24.8 Å². The zero-order valence-corrected chi connectivity index (χ0v) is 15.8. The molecule has 0 aromatic carbocycles. The molecule has 4 nitrogen and oxygen atoms in total. The van der Waals surface area contributed by atoms with Crippen LogP contribution in [-0.2, 0) is 86.4 Å². The van der Waals surface area contributed by atoms with Gasteiger partial charge >= 0.3 is 0 Å². The molecule has 0 aliphatic heterocycles. The Bertz CT molecular complexity index is 118. The number of nitrogens with zero attached hydrogens (tertiary/aromatic N) is 2. The Hall–Kier alpha value is 2.97. The maximum atomic E-state index is 4.91. The van der Waals surface area contributed by atoms with Crippen LogP contribution in [0.2, 0.25) is 0 Å². The van der Waals surface area contributed by atoms with Crippen molar-refractivity contribution in [3.8, 4) is 0 Å². The van der Waals surface area contributed by atoms with E-state index in [-0.39, 0.29) is 65.4 Å². The van der Waals surface area contributed by atoms with Crippen LogP contribution in [0.4, 0.5) is 0 Å². The van der Waals surface area contributed by atoms with Crippen LogP contribution in [0.1, 0.15) is 6.92 Å². The summed E-state index contributed by atoms with van der Waals surface area (Å²) in [6.07, 6.45) is 0. The number of rotatable bonds is 7. The summed E-state index contributed by atoms with van der Waals surface area (Å²) in [5.41, 5.74) is 0. The second kappa shape index (κ2) is 17.4. The van der Waals surface area contributed by atoms with Crippen molar-refractivity contribution in [2.75, 3.05) is 20.3 Å². The Morgan fingerprint density at radius 1 is 1.46 bits per heavy atom. The van der Waals surface area contributed by atoms with Gasteiger partial charge in [0.1, 0.15) is 0 Å². The third kappa shape index (κ3) is 17.6. The molecule has 1 atom stereocenters. The molecule has 0 saturated carbocycles. The first-order valence-electron chi connectivity index (χ1n) is 3.15. The van der Waals surface area contributed by atoms with Gasteiger partial charge in [-0.25, -0.2) is 12.1 Å². The quantitative estimate of drug-likeness (QED) is 0.503. The van der Waals surface area contributed by atoms with E-state index in [4.69, 9.17) is 11.2 Å². The summed E-state index contributed by atoms with van der Waals surface area (Å²) < 4.78 is 10.8. The average molecular weight is 390 g/mol. The fraction of sp³-hybridized carbons (Fsp3) is 1.00. The summed E-state index contributed by atoms with van der Waals surface area (Å²) in [7, 11) is 1.20. The maximum Gasteiger partial charge on any atom is 0 e. The van der Waals surface area contributed by atoms with Crippen molar-refractivity contribution >= 4 is 33.1 Å². The van der Waals surface area contributed by atoms with Crippen molar-refractivity contribution in [3.63, 3.8) is 0 Å². The fourth-order valence-corrected chi connectivity index (χ4v) is 1.68. The minimum absolute atomic E-state index is 0. The molecule has 0 aromatic rings. The van der Waals surface area contributed by atoms with Crippen molar-refractivity contribution < 1.29 is 65.4 Å². The third-order valence-corrected chi connectivity index (χ3v) is 2.93. The molecule has 0 fully saturated rings. The topological polar surface area (TPSA) is 52.3 Å². The zero-order valence-electron chi connectivity index (χ0n) is 7.69. The molecule has 0 rings (SSSR count). The van der Waals surface area contributed by atoms with Gasteiger partial charge in [-0.15, -0.1) is 0 Å². The predicted molar refractivity (Wildman–Crippen MR) is 56.6 cm³/mol. The molecule has 0 spiro atoms. The molecule has 2 radical (unpaired) electrons. The summed E-state index contributed by atoms with van der Waals surface area (Å²) in [5.74, 6) is 0. The molecule has 0 heterocycles. The summed E-state index contributed by atoms with van der Waals surface area (Å²) >= 11 is 6.15. The summed E-state index contributed by atoms with van der Waals surface area (Å²) in [4.78, 5) is 0. The van der Waals surface area contributed by atoms with Crippen LogP contribution in [-0.4, -0.2) is 20.3 Å². The van der Waals surface area contributed by atoms with E-state index in [9.17, 15) is 0 Å². The molecule has 0 bridgehead atoms. The second-order valence-electron chi connectivity index (χ2n) is 1.49. The Labute approximate surface area is 142 Å². The Morgan fingerprint density at radius 3 is 2.54 bits per heavy atom. The largest absolute Gasteiger partial charge is 0.606 e. The van der Waals surface area contributed by atoms with Crippen molar-refractivity contribution in [1.82, 2.24) is 10.0 Å². The molecule has 9 heteroatoms. The molecule has 13 heavy (non-hydrogen) atoms. The van der Waals surface area contributed by atoms with Gasteiger partial charge in [0.05, 0.1) is 0 Å². The molecule has 0 amide bonds. The van der Waals surface area contributed by atoms with Gasteiger partial charge in [0.2, 0.25) is 0 Å². The molecule has 2 N–H and O–H groups in total. The SMILES string of the molecule is CCNC[N-]S(=S)[N-]SNC.[Y].[Y]. The van der Waals surface area contributed by atoms with Crippen LogP contribution in [0.15, 0.2) is 0 Å². The molecule has 0 aromatic heterocycles. The molecule has 0 aliphatic carbocycles. The summed E-state index contributed by atoms with van der Waals surface area (Å²) in [6, 6.07) is 0. The number of hydrogen-bond donors (Lipinski definition) is 2. The van der Waals surface area contributed by atoms with Gasteiger partial charge in [-0.05, 0) is 13.6 Å². The molecule has 0 aliphatic rings. The zero-order chi connectivity index (χ0) is 8.53. The van der Waals surface area contributed by atoms with Crippen LogP contribution < -0.4 is 10.0 Å². The van der Waals surface area contributed by atoms with Crippen LogP contribution in [0.5, 0.6) is 0 Å². The molecule has 1 unspecified atom stereocenters. The first-order chi connectivity index (χ1) is 5.31. The Balaban J connectivity index is -0.000000500. The van der Waals surface area contributed by atoms with Gasteiger partial charge < -0.3 is 24.0 Å². The van der Waals surface area contributed by atoms with Crippen LogP contribution in [0.3, 0.4) is 0 Å². The van der Waals surface area contributed by atoms with Crippen LogP contribution in [0.25, 0.3) is 8.85 Å². The monoisotopic (exact) mass is 390 g/mol. The minimum Gasteiger partial charge on any atom is -0.606 e. The van der Waals surface area contributed by atoms with E-state index in [1.54, 1.807) is 7.05 Å². The summed E-state index contributed by atoms with van der Waals surface area (Å²) in [5, 5.41) is 3.04. The van der Waals surface area contributed by atoms with Gasteiger partial charge in [0, 0.05) is 65.4 Å². The minimum atomic E-state index is -0.600. The van der Waals surface area contributed by atoms with Crippen molar-refractivity contribution in [2.24, 2.45) is 0 Å². The predicted octanol–water partition coefficient (Wildman–Crippen LogP) is 0.989. The average Bonchev–Trinajstić information content (AvgIpc) is 2.01. The normalized spacial score (nSPS) is 11.2. The van der Waals surface area contributed by atoms with Gasteiger partial charge in [0.25, 0.3) is 0 Å². The van der Waals surface area contributed by atoms with Crippen LogP contribution in [0, 0.1) is 0 Å². The van der Waals surface area contributed by atoms with E-state index in [0.29, 0.717) is 6.67 Å². The summed E-state index contributed by atoms with van der Waals surface area (Å²) in [6.45, 7) is 3.53. The van der Waals surface area contributed by atoms with E-state index < -0.39 is 9.83 Å². The maximum absolute atomic E-state index is 4.91. The van der Waals surface area contributed by atoms with Gasteiger partial charge in [0.15, 0.2) is 0 Å². The fourth-order valence-electron chi connectivity index (χ4n) is 0.305. The smallest absolute Gasteiger partial charge is 0 e. The van der Waals surface area contributed by atoms with Gasteiger partial charge in [-0.2, -0.15) is 0 Å². The first kappa shape index (κ1) is 21.3. The number of nitrogens with one attached hydrogen (secondary N) is 2. The van der Waals surface area contributed by atoms with Gasteiger partial charge in [-0.3, -0.25) is 4.72 Å². The Kier molecular flexibility index (Phi) is 28.4. The molecule has 0 saturated heterocycles. The Morgan fingerprint density at radius 2 is 2.08 bits per heavy atom. The molecular weight excluding hydrogens is 378 g/mol. The van der Waals surface area contributed by atoms with E-state index >= 15 is 0 Å². The van der Waals surface area contributed by atoms with Crippen molar-refractivity contribution in [1.29, 1.82) is 0 Å². The van der Waals surface area contributed by atoms with E-state index in [1.165, 1.54) is 12.1 Å². The van der Waals surface area contributed by atoms with E-state index in [2.05, 4.69) is 18.9 Å². The van der Waals surface area contributed by atoms with Crippen LogP contribution >= 0.6 is 12.1 Å². The van der Waals surface area contributed by atoms with E-state index in [0.717, 1.165) is 6.54 Å². The van der Waals surface area contributed by atoms with E-state index in [1.807, 2.05) is 6.92 Å². The van der Waals surface area contributed by atoms with Crippen molar-refractivity contribution in [2.45, 2.75) is 6.92 Å². The number of hydrogen-bond acceptors (Lipinski definition) is 4.